The van der Waals surface area contributed by atoms with E-state index in [9.17, 15) is 4.79 Å². The number of amides is 1. The summed E-state index contributed by atoms with van der Waals surface area (Å²) in [6, 6.07) is 8.52. The Balaban J connectivity index is 1.80. The molecule has 0 unspecified atom stereocenters. The fourth-order valence-electron chi connectivity index (χ4n) is 3.76. The molecule has 1 saturated carbocycles. The monoisotopic (exact) mass is 286 g/mol. The van der Waals surface area contributed by atoms with Gasteiger partial charge in [-0.3, -0.25) is 4.79 Å². The molecule has 0 radical (unpaired) electrons. The minimum atomic E-state index is -0.231. The zero-order valence-electron chi connectivity index (χ0n) is 13.1. The molecular weight excluding hydrogens is 260 g/mol. The van der Waals surface area contributed by atoms with Gasteiger partial charge in [-0.25, -0.2) is 0 Å². The minimum absolute atomic E-state index is 0.175. The lowest BCUT2D eigenvalue weighted by molar-refractivity contribution is -0.136. The number of rotatable bonds is 3. The van der Waals surface area contributed by atoms with Crippen molar-refractivity contribution < 1.29 is 4.79 Å². The van der Waals surface area contributed by atoms with Gasteiger partial charge in [-0.05, 0) is 56.6 Å². The quantitative estimate of drug-likeness (QED) is 0.928. The second-order valence-corrected chi connectivity index (χ2v) is 6.91. The molecule has 0 aromatic heterocycles. The lowest BCUT2D eigenvalue weighted by Gasteiger charge is -2.37. The third-order valence-corrected chi connectivity index (χ3v) is 5.31. The Morgan fingerprint density at radius 2 is 2.10 bits per heavy atom. The molecule has 0 bridgehead atoms. The minimum Gasteiger partial charge on any atom is -0.342 e. The molecule has 1 aromatic carbocycles. The zero-order valence-corrected chi connectivity index (χ0v) is 13.1. The normalized spacial score (nSPS) is 25.5. The summed E-state index contributed by atoms with van der Waals surface area (Å²) in [5, 5.41) is 0. The van der Waals surface area contributed by atoms with E-state index in [0.717, 1.165) is 38.8 Å². The Kier molecular flexibility index (Phi) is 3.78. The highest BCUT2D eigenvalue weighted by atomic mass is 16.2. The molecule has 0 spiro atoms. The van der Waals surface area contributed by atoms with Gasteiger partial charge in [0.25, 0.3) is 0 Å². The van der Waals surface area contributed by atoms with Crippen LogP contribution < -0.4 is 5.73 Å². The van der Waals surface area contributed by atoms with Crippen LogP contribution in [-0.2, 0) is 10.2 Å². The molecule has 2 aliphatic rings. The van der Waals surface area contributed by atoms with Crippen LogP contribution in [0.4, 0.5) is 0 Å². The Hall–Kier alpha value is -1.35. The Morgan fingerprint density at radius 1 is 1.38 bits per heavy atom. The van der Waals surface area contributed by atoms with Crippen LogP contribution in [0.15, 0.2) is 24.3 Å². The van der Waals surface area contributed by atoms with Crippen molar-refractivity contribution in [3.63, 3.8) is 0 Å². The molecule has 2 fully saturated rings. The Morgan fingerprint density at radius 3 is 2.71 bits per heavy atom. The van der Waals surface area contributed by atoms with Gasteiger partial charge in [0.05, 0.1) is 5.41 Å². The fraction of sp³-hybridized carbons (Fsp3) is 0.611. The second-order valence-electron chi connectivity index (χ2n) is 6.91. The van der Waals surface area contributed by atoms with Crippen LogP contribution in [0.5, 0.6) is 0 Å². The standard InChI is InChI=1S/C18H26N2O/c1-13-6-3-4-8-16(13)18(9-10-18)17(21)20-11-5-7-15(12-20)14(2)19/h3-4,6,8,14-15H,5,7,9-12,19H2,1-2H3/t14-,15-/m1/s1. The second kappa shape index (κ2) is 5.45. The van der Waals surface area contributed by atoms with Crippen molar-refractivity contribution in [3.05, 3.63) is 35.4 Å². The van der Waals surface area contributed by atoms with Crippen LogP contribution in [0.25, 0.3) is 0 Å². The van der Waals surface area contributed by atoms with Gasteiger partial charge in [-0.1, -0.05) is 24.3 Å². The smallest absolute Gasteiger partial charge is 0.233 e. The van der Waals surface area contributed by atoms with Gasteiger partial charge in [-0.15, -0.1) is 0 Å². The van der Waals surface area contributed by atoms with Crippen LogP contribution in [0.2, 0.25) is 0 Å². The number of hydrogen-bond acceptors (Lipinski definition) is 2. The fourth-order valence-corrected chi connectivity index (χ4v) is 3.76. The highest BCUT2D eigenvalue weighted by Gasteiger charge is 2.53. The lowest BCUT2D eigenvalue weighted by atomic mass is 9.87. The summed E-state index contributed by atoms with van der Waals surface area (Å²) in [6.07, 6.45) is 4.23. The molecule has 1 aliphatic carbocycles. The van der Waals surface area contributed by atoms with E-state index in [1.54, 1.807) is 0 Å². The summed E-state index contributed by atoms with van der Waals surface area (Å²) in [4.78, 5) is 15.2. The van der Waals surface area contributed by atoms with Crippen molar-refractivity contribution in [1.82, 2.24) is 4.90 Å². The first-order valence-electron chi connectivity index (χ1n) is 8.16. The number of carbonyl (C=O) groups excluding carboxylic acids is 1. The predicted octanol–water partition coefficient (Wildman–Crippen LogP) is 2.61. The highest BCUT2D eigenvalue weighted by molar-refractivity contribution is 5.91. The number of nitrogens with two attached hydrogens (primary N) is 1. The third kappa shape index (κ3) is 2.59. The molecule has 2 atom stereocenters. The molecule has 1 amide bonds. The van der Waals surface area contributed by atoms with E-state index in [-0.39, 0.29) is 11.5 Å². The van der Waals surface area contributed by atoms with Crippen molar-refractivity contribution >= 4 is 5.91 Å². The average Bonchev–Trinajstić information content (AvgIpc) is 3.28. The number of nitrogens with zero attached hydrogens (tertiary/aromatic N) is 1. The van der Waals surface area contributed by atoms with Gasteiger partial charge in [-0.2, -0.15) is 0 Å². The molecule has 1 heterocycles. The van der Waals surface area contributed by atoms with Crippen LogP contribution in [0, 0.1) is 12.8 Å². The van der Waals surface area contributed by atoms with E-state index >= 15 is 0 Å². The summed E-state index contributed by atoms with van der Waals surface area (Å²) >= 11 is 0. The molecular formula is C18H26N2O. The van der Waals surface area contributed by atoms with Gasteiger partial charge in [0, 0.05) is 19.1 Å². The number of aryl methyl sites for hydroxylation is 1. The van der Waals surface area contributed by atoms with Crippen LogP contribution in [0.1, 0.15) is 43.7 Å². The molecule has 21 heavy (non-hydrogen) atoms. The number of hydrogen-bond donors (Lipinski definition) is 1. The zero-order chi connectivity index (χ0) is 15.0. The highest BCUT2D eigenvalue weighted by Crippen LogP contribution is 2.51. The number of carbonyl (C=O) groups is 1. The van der Waals surface area contributed by atoms with Gasteiger partial charge in [0.2, 0.25) is 5.91 Å². The van der Waals surface area contributed by atoms with E-state index in [1.807, 2.05) is 6.07 Å². The first kappa shape index (κ1) is 14.6. The average molecular weight is 286 g/mol. The van der Waals surface area contributed by atoms with E-state index in [2.05, 4.69) is 36.9 Å². The summed E-state index contributed by atoms with van der Waals surface area (Å²) in [5.41, 5.74) is 8.29. The van der Waals surface area contributed by atoms with Crippen LogP contribution >= 0.6 is 0 Å². The van der Waals surface area contributed by atoms with Crippen LogP contribution in [-0.4, -0.2) is 29.9 Å². The predicted molar refractivity (Wildman–Crippen MR) is 85.0 cm³/mol. The summed E-state index contributed by atoms with van der Waals surface area (Å²) in [7, 11) is 0. The molecule has 3 heteroatoms. The topological polar surface area (TPSA) is 46.3 Å². The number of likely N-dealkylation sites (tertiary alicyclic amines) is 1. The van der Waals surface area contributed by atoms with Gasteiger partial charge in [0.1, 0.15) is 0 Å². The number of benzene rings is 1. The molecule has 2 N–H and O–H groups in total. The van der Waals surface area contributed by atoms with Gasteiger partial charge in [0.15, 0.2) is 0 Å². The largest absolute Gasteiger partial charge is 0.342 e. The van der Waals surface area contributed by atoms with Crippen molar-refractivity contribution in [2.24, 2.45) is 11.7 Å². The van der Waals surface area contributed by atoms with Crippen molar-refractivity contribution in [1.29, 1.82) is 0 Å². The SMILES string of the molecule is Cc1ccccc1C1(C(=O)N2CCC[C@@H]([C@@H](C)N)C2)CC1. The lowest BCUT2D eigenvalue weighted by Crippen LogP contribution is -2.48. The summed E-state index contributed by atoms with van der Waals surface area (Å²) < 4.78 is 0. The molecule has 3 nitrogen and oxygen atoms in total. The maximum atomic E-state index is 13.1. The molecule has 1 aromatic rings. The molecule has 1 aliphatic heterocycles. The third-order valence-electron chi connectivity index (χ3n) is 5.31. The summed E-state index contributed by atoms with van der Waals surface area (Å²) in [5.74, 6) is 0.789. The van der Waals surface area contributed by atoms with Gasteiger partial charge < -0.3 is 10.6 Å². The van der Waals surface area contributed by atoms with Crippen LogP contribution in [0.3, 0.4) is 0 Å². The first-order valence-corrected chi connectivity index (χ1v) is 8.16. The Bertz CT molecular complexity index is 534. The molecule has 3 rings (SSSR count). The van der Waals surface area contributed by atoms with Gasteiger partial charge >= 0.3 is 0 Å². The van der Waals surface area contributed by atoms with E-state index in [1.165, 1.54) is 11.1 Å². The van der Waals surface area contributed by atoms with E-state index in [0.29, 0.717) is 11.8 Å². The first-order chi connectivity index (χ1) is 10.0. The summed E-state index contributed by atoms with van der Waals surface area (Å²) in [6.45, 7) is 5.91. The Labute approximate surface area is 127 Å². The molecule has 1 saturated heterocycles. The van der Waals surface area contributed by atoms with E-state index < -0.39 is 0 Å². The maximum Gasteiger partial charge on any atom is 0.233 e. The van der Waals surface area contributed by atoms with Crippen molar-refractivity contribution in [3.8, 4) is 0 Å². The van der Waals surface area contributed by atoms with E-state index in [4.69, 9.17) is 5.73 Å². The maximum absolute atomic E-state index is 13.1. The number of piperidine rings is 1. The van der Waals surface area contributed by atoms with Crippen molar-refractivity contribution in [2.45, 2.75) is 51.0 Å². The van der Waals surface area contributed by atoms with Crippen molar-refractivity contribution in [2.75, 3.05) is 13.1 Å². The molecule has 114 valence electrons.